The van der Waals surface area contributed by atoms with Gasteiger partial charge in [0, 0.05) is 19.3 Å². The van der Waals surface area contributed by atoms with Crippen LogP contribution in [0.25, 0.3) is 0 Å². The van der Waals surface area contributed by atoms with Gasteiger partial charge in [0.1, 0.15) is 13.2 Å². The molecule has 1 atom stereocenters. The molecule has 1 unspecified atom stereocenters. The summed E-state index contributed by atoms with van der Waals surface area (Å²) < 4.78 is 17.0. The Hall–Kier alpha value is -3.15. The lowest BCUT2D eigenvalue weighted by Crippen LogP contribution is -2.30. The van der Waals surface area contributed by atoms with Gasteiger partial charge < -0.3 is 14.2 Å². The first-order chi connectivity index (χ1) is 41.0. The lowest BCUT2D eigenvalue weighted by molar-refractivity contribution is -0.167. The van der Waals surface area contributed by atoms with E-state index in [2.05, 4.69) is 93.7 Å². The highest BCUT2D eigenvalue weighted by Crippen LogP contribution is 2.18. The molecule has 0 aliphatic carbocycles. The molecule has 6 nitrogen and oxygen atoms in total. The molecule has 0 amide bonds. The lowest BCUT2D eigenvalue weighted by Gasteiger charge is -2.18. The van der Waals surface area contributed by atoms with Crippen LogP contribution in [0.5, 0.6) is 0 Å². The van der Waals surface area contributed by atoms with Crippen LogP contribution in [0, 0.1) is 0 Å². The summed E-state index contributed by atoms with van der Waals surface area (Å²) in [7, 11) is 0. The van der Waals surface area contributed by atoms with Crippen LogP contribution in [0.2, 0.25) is 0 Å². The average Bonchev–Trinajstić information content (AvgIpc) is 3.49. The normalized spacial score (nSPS) is 12.5. The van der Waals surface area contributed by atoms with Gasteiger partial charge in [-0.3, -0.25) is 14.4 Å². The minimum atomic E-state index is -0.776. The van der Waals surface area contributed by atoms with Gasteiger partial charge in [-0.2, -0.15) is 0 Å². The molecule has 0 saturated heterocycles. The Morgan fingerprint density at radius 2 is 0.470 bits per heavy atom. The molecule has 0 aliphatic heterocycles. The third-order valence-corrected chi connectivity index (χ3v) is 16.2. The molecule has 0 aromatic rings. The molecule has 0 rings (SSSR count). The van der Waals surface area contributed by atoms with Gasteiger partial charge in [-0.1, -0.05) is 344 Å². The van der Waals surface area contributed by atoms with Crippen LogP contribution in [0.1, 0.15) is 380 Å². The Morgan fingerprint density at radius 1 is 0.253 bits per heavy atom. The van der Waals surface area contributed by atoms with Crippen molar-refractivity contribution in [1.29, 1.82) is 0 Å². The molecule has 0 heterocycles. The number of hydrogen-bond donors (Lipinski definition) is 0. The van der Waals surface area contributed by atoms with E-state index in [0.717, 1.165) is 96.3 Å². The number of ether oxygens (including phenoxy) is 3. The molecule has 6 heteroatoms. The van der Waals surface area contributed by atoms with Gasteiger partial charge >= 0.3 is 17.9 Å². The van der Waals surface area contributed by atoms with E-state index < -0.39 is 6.10 Å². The van der Waals surface area contributed by atoms with Gasteiger partial charge in [-0.15, -0.1) is 0 Å². The molecule has 0 aromatic heterocycles. The average molecular weight is 1160 g/mol. The zero-order valence-electron chi connectivity index (χ0n) is 55.5. The standard InChI is InChI=1S/C77H138O6/c1-4-7-10-13-16-19-22-25-28-30-32-33-34-35-36-37-38-39-40-41-42-43-44-45-46-48-49-52-55-58-61-64-67-70-76(79)82-73-74(72-81-75(78)69-66-63-60-57-54-51-27-24-21-18-15-12-9-6-3)83-77(80)71-68-65-62-59-56-53-50-47-31-29-26-23-20-17-14-11-8-5-2/h7,10,16,19,24-25,27-28,32-33,35-36,74H,4-6,8-9,11-15,17-18,20-23,26,29-31,34,37-73H2,1-3H3/b10-7-,19-16-,27-24-,28-25-,33-32-,36-35-. The number of rotatable bonds is 67. The van der Waals surface area contributed by atoms with Crippen LogP contribution in [0.15, 0.2) is 72.9 Å². The van der Waals surface area contributed by atoms with E-state index in [-0.39, 0.29) is 31.1 Å². The predicted octanol–water partition coefficient (Wildman–Crippen LogP) is 25.2. The number of allylic oxidation sites excluding steroid dienone is 12. The fraction of sp³-hybridized carbons (Fsp3) is 0.805. The summed E-state index contributed by atoms with van der Waals surface area (Å²) in [6.07, 6.45) is 93.7. The van der Waals surface area contributed by atoms with E-state index >= 15 is 0 Å². The van der Waals surface area contributed by atoms with E-state index in [9.17, 15) is 14.4 Å². The van der Waals surface area contributed by atoms with Crippen molar-refractivity contribution in [3.63, 3.8) is 0 Å². The number of unbranched alkanes of at least 4 members (excludes halogenated alkanes) is 44. The second kappa shape index (κ2) is 71.3. The van der Waals surface area contributed by atoms with Gasteiger partial charge in [0.15, 0.2) is 6.10 Å². The van der Waals surface area contributed by atoms with Crippen molar-refractivity contribution in [3.8, 4) is 0 Å². The van der Waals surface area contributed by atoms with Crippen molar-refractivity contribution < 1.29 is 28.6 Å². The summed E-state index contributed by atoms with van der Waals surface area (Å²) in [5.74, 6) is -0.854. The summed E-state index contributed by atoms with van der Waals surface area (Å²) in [5.41, 5.74) is 0. The van der Waals surface area contributed by atoms with Crippen molar-refractivity contribution in [2.45, 2.75) is 386 Å². The van der Waals surface area contributed by atoms with Crippen molar-refractivity contribution in [2.75, 3.05) is 13.2 Å². The van der Waals surface area contributed by atoms with Gasteiger partial charge in [0.2, 0.25) is 0 Å². The van der Waals surface area contributed by atoms with Crippen molar-refractivity contribution >= 4 is 17.9 Å². The number of carbonyl (C=O) groups is 3. The molecular formula is C77H138O6. The van der Waals surface area contributed by atoms with Crippen LogP contribution >= 0.6 is 0 Å². The molecule has 0 aromatic carbocycles. The minimum absolute atomic E-state index is 0.0717. The molecule has 482 valence electrons. The smallest absolute Gasteiger partial charge is 0.306 e. The second-order valence-electron chi connectivity index (χ2n) is 24.5. The Labute approximate surface area is 516 Å². The van der Waals surface area contributed by atoms with Gasteiger partial charge in [0.25, 0.3) is 0 Å². The molecule has 0 spiro atoms. The monoisotopic (exact) mass is 1160 g/mol. The first kappa shape index (κ1) is 79.8. The topological polar surface area (TPSA) is 78.9 Å². The van der Waals surface area contributed by atoms with Crippen molar-refractivity contribution in [2.24, 2.45) is 0 Å². The largest absolute Gasteiger partial charge is 0.462 e. The van der Waals surface area contributed by atoms with E-state index in [0.29, 0.717) is 19.3 Å². The Bertz CT molecular complexity index is 1520. The third-order valence-electron chi connectivity index (χ3n) is 16.2. The quantitative estimate of drug-likeness (QED) is 0.0261. The maximum absolute atomic E-state index is 12.9. The fourth-order valence-corrected chi connectivity index (χ4v) is 10.8. The molecular weight excluding hydrogens is 1020 g/mol. The number of esters is 3. The summed E-state index contributed by atoms with van der Waals surface area (Å²) in [6, 6.07) is 0. The highest BCUT2D eigenvalue weighted by atomic mass is 16.6. The van der Waals surface area contributed by atoms with Crippen molar-refractivity contribution in [1.82, 2.24) is 0 Å². The first-order valence-corrected chi connectivity index (χ1v) is 36.4. The van der Waals surface area contributed by atoms with E-state index in [1.165, 1.54) is 244 Å². The Kier molecular flexibility index (Phi) is 68.6. The number of hydrogen-bond acceptors (Lipinski definition) is 6. The fourth-order valence-electron chi connectivity index (χ4n) is 10.8. The zero-order valence-corrected chi connectivity index (χ0v) is 55.5. The van der Waals surface area contributed by atoms with E-state index in [1.54, 1.807) is 0 Å². The maximum Gasteiger partial charge on any atom is 0.306 e. The third kappa shape index (κ3) is 69.5. The van der Waals surface area contributed by atoms with Crippen LogP contribution in [0.3, 0.4) is 0 Å². The highest BCUT2D eigenvalue weighted by molar-refractivity contribution is 5.71. The molecule has 83 heavy (non-hydrogen) atoms. The summed E-state index contributed by atoms with van der Waals surface area (Å²) in [4.78, 5) is 38.4. The minimum Gasteiger partial charge on any atom is -0.462 e. The van der Waals surface area contributed by atoms with Crippen LogP contribution in [-0.2, 0) is 28.6 Å². The van der Waals surface area contributed by atoms with Crippen LogP contribution < -0.4 is 0 Å². The summed E-state index contributed by atoms with van der Waals surface area (Å²) in [5, 5.41) is 0. The molecule has 0 bridgehead atoms. The highest BCUT2D eigenvalue weighted by Gasteiger charge is 2.19. The summed E-state index contributed by atoms with van der Waals surface area (Å²) >= 11 is 0. The van der Waals surface area contributed by atoms with E-state index in [4.69, 9.17) is 14.2 Å². The SMILES string of the molecule is CC/C=C\C/C=C\C/C=C\C/C=C\C/C=C\CCCCCCCCCCCCCCCCCCCC(=O)OCC(COC(=O)CCCCCCC/C=C\CCCCCCC)OC(=O)CCCCCCCCCCCCCCCCCCCC. The van der Waals surface area contributed by atoms with Crippen molar-refractivity contribution in [3.05, 3.63) is 72.9 Å². The molecule has 0 fully saturated rings. The lowest BCUT2D eigenvalue weighted by atomic mass is 10.0. The zero-order chi connectivity index (χ0) is 59.9. The molecule has 0 radical (unpaired) electrons. The second-order valence-corrected chi connectivity index (χ2v) is 24.5. The van der Waals surface area contributed by atoms with Crippen LogP contribution in [0.4, 0.5) is 0 Å². The number of carbonyl (C=O) groups excluding carboxylic acids is 3. The van der Waals surface area contributed by atoms with Gasteiger partial charge in [-0.05, 0) is 89.9 Å². The van der Waals surface area contributed by atoms with Gasteiger partial charge in [0.05, 0.1) is 0 Å². The Morgan fingerprint density at radius 3 is 0.747 bits per heavy atom. The summed E-state index contributed by atoms with van der Waals surface area (Å²) in [6.45, 7) is 6.57. The molecule has 0 N–H and O–H groups in total. The molecule has 0 aliphatic rings. The Balaban J connectivity index is 4.17. The molecule has 0 saturated carbocycles. The first-order valence-electron chi connectivity index (χ1n) is 36.4. The van der Waals surface area contributed by atoms with Crippen LogP contribution in [-0.4, -0.2) is 37.2 Å². The van der Waals surface area contributed by atoms with Gasteiger partial charge in [-0.25, -0.2) is 0 Å². The van der Waals surface area contributed by atoms with E-state index in [1.807, 2.05) is 0 Å². The predicted molar refractivity (Wildman–Crippen MR) is 362 cm³/mol. The maximum atomic E-state index is 12.9.